The lowest BCUT2D eigenvalue weighted by molar-refractivity contribution is -0.385. The Morgan fingerprint density at radius 2 is 1.78 bits per heavy atom. The second kappa shape index (κ2) is 10.7. The van der Waals surface area contributed by atoms with Crippen LogP contribution in [0.3, 0.4) is 0 Å². The van der Waals surface area contributed by atoms with Crippen LogP contribution in [0.1, 0.15) is 40.0 Å². The predicted octanol–water partition coefficient (Wildman–Crippen LogP) is 5.33. The third kappa shape index (κ3) is 5.95. The molecule has 1 heterocycles. The van der Waals surface area contributed by atoms with E-state index in [1.54, 1.807) is 6.92 Å². The Kier molecular flexibility index (Phi) is 7.32. The number of hydrogen-bond donors (Lipinski definition) is 2. The highest BCUT2D eigenvalue weighted by atomic mass is 32.2. The lowest BCUT2D eigenvalue weighted by Crippen LogP contribution is -2.26. The first-order valence-electron chi connectivity index (χ1n) is 12.7. The van der Waals surface area contributed by atoms with E-state index in [9.17, 15) is 27.7 Å². The van der Waals surface area contributed by atoms with E-state index in [2.05, 4.69) is 15.1 Å². The van der Waals surface area contributed by atoms with Crippen molar-refractivity contribution in [1.82, 2.24) is 14.5 Å². The Morgan fingerprint density at radius 1 is 1.07 bits per heavy atom. The van der Waals surface area contributed by atoms with Gasteiger partial charge in [0.05, 0.1) is 10.6 Å². The molecule has 1 amide bonds. The normalized spacial score (nSPS) is 13.2. The first kappa shape index (κ1) is 27.9. The number of non-ortho nitro benzene ring substituents is 1. The fourth-order valence-electron chi connectivity index (χ4n) is 4.14. The van der Waals surface area contributed by atoms with Crippen molar-refractivity contribution in [1.29, 1.82) is 0 Å². The summed E-state index contributed by atoms with van der Waals surface area (Å²) in [6, 6.07) is 13.9. The molecule has 5 rings (SSSR count). The number of benzene rings is 3. The molecule has 1 aliphatic carbocycles. The molecule has 212 valence electrons. The van der Waals surface area contributed by atoms with Crippen LogP contribution in [0.4, 0.5) is 15.8 Å². The number of nitrogens with zero attached hydrogens (tertiary/aromatic N) is 3. The molecule has 1 fully saturated rings. The number of rotatable bonds is 9. The highest BCUT2D eigenvalue weighted by Gasteiger charge is 2.32. The average molecular weight is 580 g/mol. The van der Waals surface area contributed by atoms with E-state index in [1.165, 1.54) is 35.0 Å². The molecule has 3 aromatic carbocycles. The Labute approximate surface area is 235 Å². The quantitative estimate of drug-likeness (QED) is 0.201. The minimum atomic E-state index is -4.18. The first-order valence-corrected chi connectivity index (χ1v) is 14.1. The summed E-state index contributed by atoms with van der Waals surface area (Å²) < 4.78 is 49.9. The van der Waals surface area contributed by atoms with Crippen molar-refractivity contribution >= 4 is 27.3 Å². The Morgan fingerprint density at radius 3 is 2.44 bits per heavy atom. The smallest absolute Gasteiger partial charge is 0.276 e. The molecule has 1 aliphatic rings. The highest BCUT2D eigenvalue weighted by molar-refractivity contribution is 7.89. The van der Waals surface area contributed by atoms with Gasteiger partial charge in [0, 0.05) is 29.4 Å². The van der Waals surface area contributed by atoms with Gasteiger partial charge < -0.3 is 10.1 Å². The maximum Gasteiger partial charge on any atom is 0.276 e. The summed E-state index contributed by atoms with van der Waals surface area (Å²) in [5, 5.41) is 18.7. The van der Waals surface area contributed by atoms with Gasteiger partial charge >= 0.3 is 0 Å². The lowest BCUT2D eigenvalue weighted by atomic mass is 10.1. The molecule has 2 N–H and O–H groups in total. The number of sulfonamides is 1. The molecule has 13 heteroatoms. The molecular weight excluding hydrogens is 553 g/mol. The number of anilines is 1. The van der Waals surface area contributed by atoms with E-state index in [-0.39, 0.29) is 28.9 Å². The summed E-state index contributed by atoms with van der Waals surface area (Å²) in [4.78, 5) is 23.6. The van der Waals surface area contributed by atoms with Crippen molar-refractivity contribution in [3.63, 3.8) is 0 Å². The predicted molar refractivity (Wildman–Crippen MR) is 149 cm³/mol. The zero-order chi connectivity index (χ0) is 29.5. The second-order valence-electron chi connectivity index (χ2n) is 9.83. The summed E-state index contributed by atoms with van der Waals surface area (Å²) in [6.45, 7) is 5.31. The number of ether oxygens (including phenoxy) is 1. The van der Waals surface area contributed by atoms with Crippen molar-refractivity contribution in [3.05, 3.63) is 99.0 Å². The fraction of sp³-hybridized carbons (Fsp3) is 0.214. The molecule has 4 aromatic rings. The highest BCUT2D eigenvalue weighted by Crippen LogP contribution is 2.37. The summed E-state index contributed by atoms with van der Waals surface area (Å²) in [6.07, 6.45) is 1.32. The first-order chi connectivity index (χ1) is 19.4. The van der Waals surface area contributed by atoms with Crippen molar-refractivity contribution in [3.8, 4) is 17.3 Å². The Balaban J connectivity index is 1.63. The second-order valence-corrected chi connectivity index (χ2v) is 11.5. The number of aromatic nitrogens is 2. The summed E-state index contributed by atoms with van der Waals surface area (Å²) in [5.74, 6) is -1.20. The van der Waals surface area contributed by atoms with Crippen LogP contribution in [0.25, 0.3) is 5.69 Å². The third-order valence-electron chi connectivity index (χ3n) is 6.51. The number of aryl methyl sites for hydroxylation is 2. The van der Waals surface area contributed by atoms with E-state index in [0.29, 0.717) is 24.2 Å². The molecule has 41 heavy (non-hydrogen) atoms. The van der Waals surface area contributed by atoms with E-state index in [0.717, 1.165) is 23.3 Å². The molecule has 0 saturated heterocycles. The minimum Gasteiger partial charge on any atom is -0.437 e. The van der Waals surface area contributed by atoms with E-state index >= 15 is 0 Å². The van der Waals surface area contributed by atoms with E-state index in [1.807, 2.05) is 32.0 Å². The molecule has 0 bridgehead atoms. The fourth-order valence-corrected chi connectivity index (χ4v) is 5.60. The van der Waals surface area contributed by atoms with Gasteiger partial charge in [-0.1, -0.05) is 12.1 Å². The van der Waals surface area contributed by atoms with Crippen LogP contribution in [0.15, 0.2) is 65.6 Å². The van der Waals surface area contributed by atoms with Crippen molar-refractivity contribution in [2.45, 2.75) is 44.6 Å². The van der Waals surface area contributed by atoms with Gasteiger partial charge in [-0.2, -0.15) is 9.78 Å². The van der Waals surface area contributed by atoms with Gasteiger partial charge in [0.2, 0.25) is 15.9 Å². The molecule has 1 saturated carbocycles. The molecule has 11 nitrogen and oxygen atoms in total. The van der Waals surface area contributed by atoms with Gasteiger partial charge in [-0.3, -0.25) is 14.9 Å². The van der Waals surface area contributed by atoms with Crippen molar-refractivity contribution in [2.75, 3.05) is 5.32 Å². The maximum absolute atomic E-state index is 13.4. The van der Waals surface area contributed by atoms with Gasteiger partial charge in [0.15, 0.2) is 5.69 Å². The number of nitro groups is 1. The lowest BCUT2D eigenvalue weighted by Gasteiger charge is -2.15. The van der Waals surface area contributed by atoms with Crippen LogP contribution in [0, 0.1) is 36.7 Å². The minimum absolute atomic E-state index is 0.0207. The van der Waals surface area contributed by atoms with Crippen LogP contribution < -0.4 is 14.8 Å². The molecule has 0 unspecified atom stereocenters. The van der Waals surface area contributed by atoms with Crippen LogP contribution >= 0.6 is 0 Å². The van der Waals surface area contributed by atoms with Crippen molar-refractivity contribution < 1.29 is 27.3 Å². The number of amides is 1. The molecule has 0 spiro atoms. The zero-order valence-corrected chi connectivity index (χ0v) is 23.2. The molecule has 1 aromatic heterocycles. The third-order valence-corrected chi connectivity index (χ3v) is 8.05. The van der Waals surface area contributed by atoms with Gasteiger partial charge in [-0.25, -0.2) is 17.5 Å². The Bertz CT molecular complexity index is 1780. The van der Waals surface area contributed by atoms with E-state index in [4.69, 9.17) is 4.74 Å². The Hall–Kier alpha value is -4.62. The number of hydrogen-bond acceptors (Lipinski definition) is 7. The van der Waals surface area contributed by atoms with E-state index < -0.39 is 37.3 Å². The van der Waals surface area contributed by atoms with Crippen LogP contribution in [0.2, 0.25) is 0 Å². The van der Waals surface area contributed by atoms with Gasteiger partial charge in [0.1, 0.15) is 16.5 Å². The van der Waals surface area contributed by atoms with Crippen molar-refractivity contribution in [2.24, 2.45) is 0 Å². The van der Waals surface area contributed by atoms with Crippen LogP contribution in [0.5, 0.6) is 11.6 Å². The van der Waals surface area contributed by atoms with Crippen LogP contribution in [-0.4, -0.2) is 35.1 Å². The maximum atomic E-state index is 13.4. The number of halogens is 1. The summed E-state index contributed by atoms with van der Waals surface area (Å²) >= 11 is 0. The topological polar surface area (TPSA) is 145 Å². The SMILES string of the molecule is Cc1ccc(C)c(-n2nc(C(=O)Nc3ccc(F)cc3)c(C)c2Oc2ccc([N+](=O)[O-])cc2S(=O)(=O)NC2CC2)c1. The zero-order valence-electron chi connectivity index (χ0n) is 22.3. The number of nitro benzene ring substituents is 1. The van der Waals surface area contributed by atoms with Gasteiger partial charge in [-0.05, 0) is 81.1 Å². The number of nitrogens with one attached hydrogen (secondary N) is 2. The largest absolute Gasteiger partial charge is 0.437 e. The molecule has 0 atom stereocenters. The average Bonchev–Trinajstić information content (AvgIpc) is 3.67. The number of carbonyl (C=O) groups excluding carboxylic acids is 1. The molecule has 0 radical (unpaired) electrons. The summed E-state index contributed by atoms with van der Waals surface area (Å²) in [7, 11) is -4.18. The standard InChI is InChI=1S/C28H26FN5O6S/c1-16-4-5-17(2)23(14-16)33-28(18(3)26(31-33)27(35)30-20-8-6-19(29)7-9-20)40-24-13-12-22(34(36)37)15-25(24)41(38,39)32-21-10-11-21/h4-9,12-15,21,32H,10-11H2,1-3H3,(H,30,35). The van der Waals surface area contributed by atoms with Gasteiger partial charge in [-0.15, -0.1) is 0 Å². The van der Waals surface area contributed by atoms with Gasteiger partial charge in [0.25, 0.3) is 11.6 Å². The number of carbonyl (C=O) groups is 1. The van der Waals surface area contributed by atoms with Crippen LogP contribution in [-0.2, 0) is 10.0 Å². The monoisotopic (exact) mass is 579 g/mol. The summed E-state index contributed by atoms with van der Waals surface area (Å²) in [5.41, 5.74) is 2.44. The molecule has 0 aliphatic heterocycles. The molecular formula is C28H26FN5O6S.